The van der Waals surface area contributed by atoms with Gasteiger partial charge in [0.15, 0.2) is 11.6 Å². The molecule has 3 N–H and O–H groups in total. The fourth-order valence-electron chi connectivity index (χ4n) is 2.47. The molecule has 26 heavy (non-hydrogen) atoms. The van der Waals surface area contributed by atoms with Gasteiger partial charge in [-0.15, -0.1) is 0 Å². The van der Waals surface area contributed by atoms with Crippen LogP contribution in [0.5, 0.6) is 0 Å². The maximum absolute atomic E-state index is 4.58. The second-order valence-corrected chi connectivity index (χ2v) is 6.54. The van der Waals surface area contributed by atoms with Gasteiger partial charge in [0.1, 0.15) is 16.3 Å². The second-order valence-electron chi connectivity index (χ2n) is 5.74. The van der Waals surface area contributed by atoms with E-state index in [1.807, 2.05) is 32.0 Å². The Kier molecular flexibility index (Phi) is 4.40. The summed E-state index contributed by atoms with van der Waals surface area (Å²) in [7, 11) is 0. The molecule has 0 saturated heterocycles. The lowest BCUT2D eigenvalue weighted by Gasteiger charge is -2.09. The summed E-state index contributed by atoms with van der Waals surface area (Å²) in [6.07, 6.45) is 2.41. The molecule has 0 fully saturated rings. The van der Waals surface area contributed by atoms with E-state index in [0.717, 1.165) is 33.4 Å². The van der Waals surface area contributed by atoms with Crippen molar-refractivity contribution in [1.82, 2.24) is 34.5 Å². The highest BCUT2D eigenvalue weighted by Crippen LogP contribution is 2.24. The molecule has 0 aliphatic heterocycles. The van der Waals surface area contributed by atoms with Crippen molar-refractivity contribution in [2.75, 3.05) is 17.2 Å². The van der Waals surface area contributed by atoms with Gasteiger partial charge in [-0.05, 0) is 43.6 Å². The number of anilines is 3. The molecule has 0 aromatic carbocycles. The van der Waals surface area contributed by atoms with Crippen LogP contribution in [0.15, 0.2) is 24.4 Å². The first kappa shape index (κ1) is 16.3. The van der Waals surface area contributed by atoms with E-state index in [1.165, 1.54) is 11.5 Å². The van der Waals surface area contributed by atoms with Crippen LogP contribution in [0.1, 0.15) is 17.3 Å². The zero-order valence-corrected chi connectivity index (χ0v) is 15.1. The van der Waals surface area contributed by atoms with E-state index < -0.39 is 0 Å². The first-order chi connectivity index (χ1) is 12.7. The van der Waals surface area contributed by atoms with Crippen molar-refractivity contribution in [2.24, 2.45) is 0 Å². The summed E-state index contributed by atoms with van der Waals surface area (Å²) in [4.78, 5) is 17.8. The number of pyridine rings is 1. The summed E-state index contributed by atoms with van der Waals surface area (Å²) in [5, 5.41) is 14.4. The molecule has 0 bridgehead atoms. The van der Waals surface area contributed by atoms with Crippen molar-refractivity contribution in [2.45, 2.75) is 20.3 Å². The summed E-state index contributed by atoms with van der Waals surface area (Å²) in [5.41, 5.74) is 2.45. The monoisotopic (exact) mass is 367 g/mol. The summed E-state index contributed by atoms with van der Waals surface area (Å²) >= 11 is 1.38. The van der Waals surface area contributed by atoms with Gasteiger partial charge in [-0.2, -0.15) is 14.5 Å². The van der Waals surface area contributed by atoms with Gasteiger partial charge in [-0.1, -0.05) is 0 Å². The van der Waals surface area contributed by atoms with Crippen LogP contribution < -0.4 is 10.6 Å². The zero-order chi connectivity index (χ0) is 17.9. The van der Waals surface area contributed by atoms with Crippen LogP contribution >= 0.6 is 11.5 Å². The minimum atomic E-state index is 0.505. The largest absolute Gasteiger partial charge is 0.368 e. The zero-order valence-electron chi connectivity index (χ0n) is 14.3. The molecule has 0 atom stereocenters. The third kappa shape index (κ3) is 3.59. The molecule has 132 valence electrons. The van der Waals surface area contributed by atoms with E-state index in [1.54, 1.807) is 6.20 Å². The lowest BCUT2D eigenvalue weighted by atomic mass is 10.3. The van der Waals surface area contributed by atoms with Crippen LogP contribution in [-0.2, 0) is 6.42 Å². The van der Waals surface area contributed by atoms with E-state index in [2.05, 4.69) is 45.1 Å². The highest BCUT2D eigenvalue weighted by molar-refractivity contribution is 7.10. The number of nitrogens with one attached hydrogen (secondary N) is 3. The van der Waals surface area contributed by atoms with Crippen LogP contribution in [0, 0.1) is 13.8 Å². The lowest BCUT2D eigenvalue weighted by Crippen LogP contribution is -2.10. The van der Waals surface area contributed by atoms with Gasteiger partial charge >= 0.3 is 0 Å². The fraction of sp³-hybridized carbons (Fsp3) is 0.250. The number of aryl methyl sites for hydroxylation is 2. The third-order valence-electron chi connectivity index (χ3n) is 3.60. The van der Waals surface area contributed by atoms with E-state index in [0.29, 0.717) is 24.7 Å². The Balaban J connectivity index is 1.57. The number of H-pyrrole nitrogens is 1. The van der Waals surface area contributed by atoms with Crippen molar-refractivity contribution in [3.05, 3.63) is 41.7 Å². The summed E-state index contributed by atoms with van der Waals surface area (Å²) in [5.74, 6) is 2.75. The Labute approximate surface area is 153 Å². The molecule has 0 saturated carbocycles. The van der Waals surface area contributed by atoms with E-state index in [9.17, 15) is 0 Å². The minimum absolute atomic E-state index is 0.505. The molecule has 0 unspecified atom stereocenters. The SMILES string of the molecule is Cc1cc(Nc2nc(NCCc3n[nH]c(C)n3)c3ncccc3n2)sn1. The fourth-order valence-corrected chi connectivity index (χ4v) is 3.13. The Morgan fingerprint density at radius 1 is 1.19 bits per heavy atom. The number of nitrogens with zero attached hydrogens (tertiary/aromatic N) is 6. The van der Waals surface area contributed by atoms with Crippen molar-refractivity contribution in [1.29, 1.82) is 0 Å². The predicted octanol–water partition coefficient (Wildman–Crippen LogP) is 2.61. The molecule has 4 rings (SSSR count). The highest BCUT2D eigenvalue weighted by Gasteiger charge is 2.10. The molecule has 0 aliphatic carbocycles. The molecule has 9 nitrogen and oxygen atoms in total. The topological polar surface area (TPSA) is 117 Å². The Bertz CT molecular complexity index is 1040. The molecule has 4 aromatic heterocycles. The average molecular weight is 367 g/mol. The summed E-state index contributed by atoms with van der Waals surface area (Å²) in [6, 6.07) is 5.73. The molecule has 0 spiro atoms. The van der Waals surface area contributed by atoms with Gasteiger partial charge in [0.25, 0.3) is 0 Å². The number of hydrogen-bond donors (Lipinski definition) is 3. The molecule has 4 aromatic rings. The van der Waals surface area contributed by atoms with Crippen LogP contribution in [0.25, 0.3) is 11.0 Å². The van der Waals surface area contributed by atoms with Crippen molar-refractivity contribution in [3.8, 4) is 0 Å². The number of fused-ring (bicyclic) bond motifs is 1. The van der Waals surface area contributed by atoms with Crippen LogP contribution in [0.3, 0.4) is 0 Å². The van der Waals surface area contributed by atoms with Gasteiger partial charge in [-0.3, -0.25) is 10.1 Å². The van der Waals surface area contributed by atoms with E-state index in [4.69, 9.17) is 0 Å². The first-order valence-electron chi connectivity index (χ1n) is 8.12. The van der Waals surface area contributed by atoms with Crippen molar-refractivity contribution < 1.29 is 0 Å². The van der Waals surface area contributed by atoms with Crippen LogP contribution in [0.4, 0.5) is 16.8 Å². The Morgan fingerprint density at radius 2 is 2.12 bits per heavy atom. The molecular weight excluding hydrogens is 350 g/mol. The first-order valence-corrected chi connectivity index (χ1v) is 8.89. The Morgan fingerprint density at radius 3 is 2.88 bits per heavy atom. The molecule has 0 amide bonds. The smallest absolute Gasteiger partial charge is 0.230 e. The molecular formula is C16H17N9S. The average Bonchev–Trinajstić information content (AvgIpc) is 3.23. The number of rotatable bonds is 6. The lowest BCUT2D eigenvalue weighted by molar-refractivity contribution is 0.897. The molecule has 4 heterocycles. The predicted molar refractivity (Wildman–Crippen MR) is 101 cm³/mol. The summed E-state index contributed by atoms with van der Waals surface area (Å²) in [6.45, 7) is 4.47. The molecule has 10 heteroatoms. The van der Waals surface area contributed by atoms with Gasteiger partial charge in [0.2, 0.25) is 5.95 Å². The molecule has 0 radical (unpaired) electrons. The third-order valence-corrected chi connectivity index (χ3v) is 4.40. The van der Waals surface area contributed by atoms with Gasteiger partial charge in [0, 0.05) is 19.2 Å². The highest BCUT2D eigenvalue weighted by atomic mass is 32.1. The van der Waals surface area contributed by atoms with Gasteiger partial charge in [-0.25, -0.2) is 9.97 Å². The summed E-state index contributed by atoms with van der Waals surface area (Å²) < 4.78 is 4.26. The van der Waals surface area contributed by atoms with Gasteiger partial charge in [0.05, 0.1) is 11.2 Å². The van der Waals surface area contributed by atoms with Gasteiger partial charge < -0.3 is 10.6 Å². The van der Waals surface area contributed by atoms with E-state index >= 15 is 0 Å². The number of hydrogen-bond acceptors (Lipinski definition) is 9. The Hall–Kier alpha value is -3.14. The van der Waals surface area contributed by atoms with Crippen LogP contribution in [0.2, 0.25) is 0 Å². The standard InChI is InChI=1S/C16H17N9S/c1-9-8-13(26-25-9)21-16-20-11-4-3-6-17-14(11)15(22-16)18-7-5-12-19-10(2)23-24-12/h3-4,6,8H,5,7H2,1-2H3,(H,19,23,24)(H2,18,20,21,22). The maximum Gasteiger partial charge on any atom is 0.230 e. The van der Waals surface area contributed by atoms with Crippen molar-refractivity contribution >= 4 is 39.3 Å². The van der Waals surface area contributed by atoms with Crippen molar-refractivity contribution in [3.63, 3.8) is 0 Å². The normalized spacial score (nSPS) is 11.0. The second kappa shape index (κ2) is 7.00. The van der Waals surface area contributed by atoms with Crippen LogP contribution in [-0.4, -0.2) is 41.1 Å². The molecule has 0 aliphatic rings. The minimum Gasteiger partial charge on any atom is -0.368 e. The maximum atomic E-state index is 4.58. The van der Waals surface area contributed by atoms with E-state index in [-0.39, 0.29) is 0 Å². The number of aromatic amines is 1. The quantitative estimate of drug-likeness (QED) is 0.476. The number of aromatic nitrogens is 7.